The highest BCUT2D eigenvalue weighted by molar-refractivity contribution is 5.76. The van der Waals surface area contributed by atoms with Crippen molar-refractivity contribution in [3.05, 3.63) is 23.8 Å². The molecule has 1 N–H and O–H groups in total. The Hall–Kier alpha value is -1.75. The first-order valence-corrected chi connectivity index (χ1v) is 11.0. The zero-order valence-corrected chi connectivity index (χ0v) is 18.4. The smallest absolute Gasteiger partial charge is 0.220 e. The van der Waals surface area contributed by atoms with E-state index in [1.54, 1.807) is 14.2 Å². The Bertz CT molecular complexity index is 776. The summed E-state index contributed by atoms with van der Waals surface area (Å²) in [4.78, 5) is 12.6. The second kappa shape index (κ2) is 7.50. The number of benzene rings is 1. The second-order valence-corrected chi connectivity index (χ2v) is 9.67. The fourth-order valence-electron chi connectivity index (χ4n) is 6.69. The standard InChI is InChI=1S/C24H35NO4/c1-6-8-19(26)25-22-23(2,3)15-13-17-20(29-12-11-24(17,22)14-15)16-9-7-10-18(27-4)21(16)28-5/h7,9-10,15,17,20,22H,6,8,11-14H2,1-5H3,(H,25,26)/t15-,17-,20-,22-,24-/m1/s1. The third-order valence-corrected chi connectivity index (χ3v) is 8.03. The summed E-state index contributed by atoms with van der Waals surface area (Å²) in [5.41, 5.74) is 1.27. The minimum atomic E-state index is -0.0273. The lowest BCUT2D eigenvalue weighted by molar-refractivity contribution is -0.137. The number of methoxy groups -OCH3 is 2. The molecule has 29 heavy (non-hydrogen) atoms. The van der Waals surface area contributed by atoms with E-state index in [-0.39, 0.29) is 28.9 Å². The van der Waals surface area contributed by atoms with E-state index in [1.807, 2.05) is 12.1 Å². The summed E-state index contributed by atoms with van der Waals surface area (Å²) in [6.45, 7) is 7.46. The van der Waals surface area contributed by atoms with Gasteiger partial charge in [-0.05, 0) is 54.4 Å². The van der Waals surface area contributed by atoms with Crippen molar-refractivity contribution in [1.82, 2.24) is 5.32 Å². The Morgan fingerprint density at radius 1 is 1.28 bits per heavy atom. The quantitative estimate of drug-likeness (QED) is 0.762. The summed E-state index contributed by atoms with van der Waals surface area (Å²) in [6, 6.07) is 6.24. The van der Waals surface area contributed by atoms with Gasteiger partial charge >= 0.3 is 0 Å². The lowest BCUT2D eigenvalue weighted by atomic mass is 9.58. The average molecular weight is 402 g/mol. The molecular formula is C24H35NO4. The first-order chi connectivity index (χ1) is 13.9. The molecule has 1 saturated heterocycles. The van der Waals surface area contributed by atoms with Gasteiger partial charge < -0.3 is 19.5 Å². The van der Waals surface area contributed by atoms with Gasteiger partial charge in [-0.3, -0.25) is 4.79 Å². The molecule has 1 aromatic carbocycles. The molecule has 1 aliphatic heterocycles. The van der Waals surface area contributed by atoms with Gasteiger partial charge in [0, 0.05) is 24.6 Å². The van der Waals surface area contributed by atoms with Crippen molar-refractivity contribution in [3.8, 4) is 11.5 Å². The summed E-state index contributed by atoms with van der Waals surface area (Å²) in [7, 11) is 3.36. The number of amides is 1. The van der Waals surface area contributed by atoms with Crippen LogP contribution in [0.2, 0.25) is 0 Å². The normalized spacial score (nSPS) is 34.5. The predicted octanol–water partition coefficient (Wildman–Crippen LogP) is 4.50. The van der Waals surface area contributed by atoms with Crippen LogP contribution in [0, 0.1) is 22.7 Å². The molecule has 3 aliphatic rings. The van der Waals surface area contributed by atoms with Crippen LogP contribution >= 0.6 is 0 Å². The van der Waals surface area contributed by atoms with Gasteiger partial charge in [0.2, 0.25) is 5.91 Å². The molecular weight excluding hydrogens is 366 g/mol. The van der Waals surface area contributed by atoms with Gasteiger partial charge in [0.25, 0.3) is 0 Å². The van der Waals surface area contributed by atoms with Crippen LogP contribution in [-0.4, -0.2) is 32.8 Å². The van der Waals surface area contributed by atoms with Crippen molar-refractivity contribution in [3.63, 3.8) is 0 Å². The van der Waals surface area contributed by atoms with Crippen molar-refractivity contribution < 1.29 is 19.0 Å². The van der Waals surface area contributed by atoms with E-state index < -0.39 is 0 Å². The van der Waals surface area contributed by atoms with Gasteiger partial charge in [0.1, 0.15) is 0 Å². The van der Waals surface area contributed by atoms with Crippen LogP contribution in [0.15, 0.2) is 18.2 Å². The SMILES string of the molecule is CCCC(=O)N[C@@H]1C(C)(C)[C@@H]2C[C@@H]3[C@@H](c4cccc(OC)c4OC)OCC[C@@]31C2. The third-order valence-electron chi connectivity index (χ3n) is 8.03. The monoisotopic (exact) mass is 401 g/mol. The first-order valence-electron chi connectivity index (χ1n) is 11.0. The molecule has 2 saturated carbocycles. The molecule has 0 aromatic heterocycles. The molecule has 2 aliphatic carbocycles. The van der Waals surface area contributed by atoms with E-state index in [1.165, 1.54) is 6.42 Å². The van der Waals surface area contributed by atoms with Gasteiger partial charge in [-0.25, -0.2) is 0 Å². The lowest BCUT2D eigenvalue weighted by Crippen LogP contribution is -2.58. The Morgan fingerprint density at radius 3 is 2.76 bits per heavy atom. The Balaban J connectivity index is 1.71. The number of para-hydroxylation sites is 1. The molecule has 1 heterocycles. The highest BCUT2D eigenvalue weighted by atomic mass is 16.5. The fraction of sp³-hybridized carbons (Fsp3) is 0.708. The number of nitrogens with one attached hydrogen (secondary N) is 1. The summed E-state index contributed by atoms with van der Waals surface area (Å²) in [5, 5.41) is 3.46. The largest absolute Gasteiger partial charge is 0.493 e. The van der Waals surface area contributed by atoms with Crippen LogP contribution in [0.25, 0.3) is 0 Å². The summed E-state index contributed by atoms with van der Waals surface area (Å²) in [5.74, 6) is 2.67. The van der Waals surface area contributed by atoms with E-state index >= 15 is 0 Å². The number of carbonyl (C=O) groups excluding carboxylic acids is 1. The number of fused-ring (bicyclic) bond motifs is 1. The van der Waals surface area contributed by atoms with Crippen LogP contribution in [-0.2, 0) is 9.53 Å². The van der Waals surface area contributed by atoms with Crippen LogP contribution in [0.1, 0.15) is 64.5 Å². The maximum Gasteiger partial charge on any atom is 0.220 e. The number of hydrogen-bond donors (Lipinski definition) is 1. The van der Waals surface area contributed by atoms with E-state index in [0.717, 1.165) is 36.3 Å². The van der Waals surface area contributed by atoms with Crippen molar-refractivity contribution in [1.29, 1.82) is 0 Å². The number of ether oxygens (including phenoxy) is 3. The molecule has 0 radical (unpaired) electrons. The average Bonchev–Trinajstić information content (AvgIpc) is 3.20. The van der Waals surface area contributed by atoms with Gasteiger partial charge in [-0.2, -0.15) is 0 Å². The lowest BCUT2D eigenvalue weighted by Gasteiger charge is -2.53. The van der Waals surface area contributed by atoms with E-state index in [4.69, 9.17) is 14.2 Å². The first kappa shape index (κ1) is 20.5. The number of hydrogen-bond acceptors (Lipinski definition) is 4. The van der Waals surface area contributed by atoms with E-state index in [9.17, 15) is 4.79 Å². The molecule has 3 fully saturated rings. The molecule has 1 amide bonds. The van der Waals surface area contributed by atoms with Gasteiger partial charge in [0.15, 0.2) is 11.5 Å². The number of carbonyl (C=O) groups is 1. The Labute approximate surface area is 174 Å². The molecule has 5 atom stereocenters. The highest BCUT2D eigenvalue weighted by Gasteiger charge is 2.68. The molecule has 160 valence electrons. The van der Waals surface area contributed by atoms with Gasteiger partial charge in [0.05, 0.1) is 20.3 Å². The van der Waals surface area contributed by atoms with Crippen LogP contribution < -0.4 is 14.8 Å². The molecule has 1 spiro atoms. The Morgan fingerprint density at radius 2 is 2.07 bits per heavy atom. The maximum atomic E-state index is 12.6. The van der Waals surface area contributed by atoms with Gasteiger partial charge in [-0.1, -0.05) is 32.9 Å². The molecule has 4 rings (SSSR count). The van der Waals surface area contributed by atoms with Crippen LogP contribution in [0.5, 0.6) is 11.5 Å². The zero-order valence-electron chi connectivity index (χ0n) is 18.4. The van der Waals surface area contributed by atoms with Crippen molar-refractivity contribution in [2.24, 2.45) is 22.7 Å². The third kappa shape index (κ3) is 3.04. The van der Waals surface area contributed by atoms with Gasteiger partial charge in [-0.15, -0.1) is 0 Å². The predicted molar refractivity (Wildman–Crippen MR) is 112 cm³/mol. The van der Waals surface area contributed by atoms with Crippen molar-refractivity contribution >= 4 is 5.91 Å². The second-order valence-electron chi connectivity index (χ2n) is 9.67. The van der Waals surface area contributed by atoms with Crippen LogP contribution in [0.4, 0.5) is 0 Å². The summed E-state index contributed by atoms with van der Waals surface area (Å²) < 4.78 is 17.7. The molecule has 2 bridgehead atoms. The van der Waals surface area contributed by atoms with E-state index in [2.05, 4.69) is 32.2 Å². The molecule has 0 unspecified atom stereocenters. The molecule has 5 heteroatoms. The summed E-state index contributed by atoms with van der Waals surface area (Å²) in [6.07, 6.45) is 4.77. The maximum absolute atomic E-state index is 12.6. The fourth-order valence-corrected chi connectivity index (χ4v) is 6.69. The molecule has 1 aromatic rings. The Kier molecular flexibility index (Phi) is 5.30. The minimum absolute atomic E-state index is 0.0273. The van der Waals surface area contributed by atoms with Crippen molar-refractivity contribution in [2.45, 2.75) is 65.0 Å². The molecule has 5 nitrogen and oxygen atoms in total. The zero-order chi connectivity index (χ0) is 20.8. The van der Waals surface area contributed by atoms with Crippen LogP contribution in [0.3, 0.4) is 0 Å². The topological polar surface area (TPSA) is 56.8 Å². The number of rotatable bonds is 6. The van der Waals surface area contributed by atoms with E-state index in [0.29, 0.717) is 24.9 Å². The minimum Gasteiger partial charge on any atom is -0.493 e. The van der Waals surface area contributed by atoms with Crippen molar-refractivity contribution in [2.75, 3.05) is 20.8 Å². The highest BCUT2D eigenvalue weighted by Crippen LogP contribution is 2.71. The summed E-state index contributed by atoms with van der Waals surface area (Å²) >= 11 is 0.